The number of hydrazine groups is 1. The molecule has 0 aromatic rings. The highest BCUT2D eigenvalue weighted by atomic mass is 79.9. The first-order chi connectivity index (χ1) is 18.1. The molecule has 0 bridgehead atoms. The molecule has 0 aliphatic rings. The minimum absolute atomic E-state index is 0. The maximum Gasteiger partial charge on any atom is 0.152 e. The molecule has 0 aliphatic heterocycles. The highest BCUT2D eigenvalue weighted by Gasteiger charge is 1.80. The maximum atomic E-state index is 8.11. The molecular weight excluding hydrogens is 610 g/mol. The molecule has 0 aromatic heterocycles. The van der Waals surface area contributed by atoms with E-state index in [1.54, 1.807) is 14.7 Å². The van der Waals surface area contributed by atoms with Gasteiger partial charge in [0, 0.05) is 6.54 Å². The molecular formula is C14H52BrN19O6. The zero-order valence-electron chi connectivity index (χ0n) is 23.8. The number of halogens is 1. The Bertz CT molecular complexity index is 377. The monoisotopic (exact) mass is 661 g/mol. The molecule has 0 unspecified atom stereocenters. The molecule has 0 fully saturated rings. The van der Waals surface area contributed by atoms with Crippen LogP contribution in [-0.2, 0) is 0 Å². The fourth-order valence-electron chi connectivity index (χ4n) is 0.943. The van der Waals surface area contributed by atoms with E-state index in [1.807, 2.05) is 28.2 Å². The molecule has 0 aromatic carbocycles. The van der Waals surface area contributed by atoms with Crippen LogP contribution < -0.4 is 39.5 Å². The van der Waals surface area contributed by atoms with Crippen molar-refractivity contribution in [3.05, 3.63) is 46.0 Å². The SMILES string of the molecule is Br.CCCCCNN.CNC.CNC.N.NCCCCCN.O=NO.O=NO.O=NO.[N-]=[N+]=N.[N-]=[N+]=N.[N-]=[N+]=N. The molecule has 0 saturated heterocycles. The standard InChI is InChI=1S/2C5H14N2.2C2H7N.BrH.3HN3.3HNO2.H3N/c1-2-3-4-5-7-6;6-4-2-1-3-5-7;2*1-3-2;;3*1-3-2;3*2-1-3;/h7H,2-6H2,1H3;1-7H2;2*3H,1-2H3;1H;3*1H;3*(H,2,3);1H3. The molecule has 0 saturated carbocycles. The van der Waals surface area contributed by atoms with Crippen molar-refractivity contribution in [2.75, 3.05) is 47.8 Å². The first kappa shape index (κ1) is 76.6. The van der Waals surface area contributed by atoms with Gasteiger partial charge in [-0.05, 0) is 91.9 Å². The minimum atomic E-state index is 0. The maximum absolute atomic E-state index is 8.11. The van der Waals surface area contributed by atoms with Gasteiger partial charge in [0.2, 0.25) is 0 Å². The average Bonchev–Trinajstić information content (AvgIpc) is 2.84. The Morgan fingerprint density at radius 3 is 1.02 bits per heavy atom. The first-order valence-electron chi connectivity index (χ1n) is 10.1. The second-order valence-corrected chi connectivity index (χ2v) is 4.84. The Labute approximate surface area is 244 Å². The van der Waals surface area contributed by atoms with E-state index < -0.39 is 0 Å². The normalized spacial score (nSPS) is 5.70. The summed E-state index contributed by atoms with van der Waals surface area (Å²) in [6, 6.07) is 0. The third kappa shape index (κ3) is 2030. The van der Waals surface area contributed by atoms with Crippen molar-refractivity contribution < 1.29 is 15.6 Å². The molecule has 25 nitrogen and oxygen atoms in total. The van der Waals surface area contributed by atoms with E-state index in [4.69, 9.17) is 80.8 Å². The highest BCUT2D eigenvalue weighted by molar-refractivity contribution is 8.93. The average molecular weight is 663 g/mol. The zero-order valence-corrected chi connectivity index (χ0v) is 25.5. The number of nitrogens with two attached hydrogens (primary N) is 3. The zero-order chi connectivity index (χ0) is 32.7. The van der Waals surface area contributed by atoms with Crippen LogP contribution in [0.25, 0.3) is 31.3 Å². The molecule has 40 heavy (non-hydrogen) atoms. The number of hydrogen-bond donors (Lipinski definition) is 13. The van der Waals surface area contributed by atoms with Gasteiger partial charge < -0.3 is 43.9 Å². The number of unbranched alkanes of at least 4 members (excludes halogenated alkanes) is 4. The third-order valence-electron chi connectivity index (χ3n) is 1.83. The molecule has 0 spiro atoms. The highest BCUT2D eigenvalue weighted by Crippen LogP contribution is 1.89. The summed E-state index contributed by atoms with van der Waals surface area (Å²) in [7, 11) is 7.50. The topological polar surface area (TPSA) is 479 Å². The van der Waals surface area contributed by atoms with Crippen LogP contribution in [0.2, 0.25) is 0 Å². The summed E-state index contributed by atoms with van der Waals surface area (Å²) >= 11 is 0. The summed E-state index contributed by atoms with van der Waals surface area (Å²) in [5, 5.41) is 29.2. The predicted molar refractivity (Wildman–Crippen MR) is 160 cm³/mol. The van der Waals surface area contributed by atoms with Crippen LogP contribution in [-0.4, -0.2) is 63.4 Å². The van der Waals surface area contributed by atoms with Gasteiger partial charge in [-0.3, -0.25) is 11.3 Å². The van der Waals surface area contributed by atoms with Crippen LogP contribution in [0.3, 0.4) is 0 Å². The van der Waals surface area contributed by atoms with Crippen molar-refractivity contribution in [2.45, 2.75) is 45.4 Å². The number of rotatable bonds is 8. The molecule has 0 aliphatic carbocycles. The smallest absolute Gasteiger partial charge is 0.152 e. The minimum Gasteiger partial charge on any atom is -0.379 e. The Hall–Kier alpha value is -3.67. The van der Waals surface area contributed by atoms with Crippen LogP contribution in [0.15, 0.2) is 16.0 Å². The van der Waals surface area contributed by atoms with Crippen LogP contribution in [0.5, 0.6) is 0 Å². The Balaban J connectivity index is -0.0000000223. The number of nitrogens with zero attached hydrogens (tertiary/aromatic N) is 9. The molecule has 0 amide bonds. The summed E-state index contributed by atoms with van der Waals surface area (Å²) < 4.78 is 0. The Morgan fingerprint density at radius 2 is 0.900 bits per heavy atom. The van der Waals surface area contributed by atoms with Crippen LogP contribution >= 0.6 is 17.0 Å². The van der Waals surface area contributed by atoms with Crippen LogP contribution in [0.1, 0.15) is 45.4 Å². The van der Waals surface area contributed by atoms with E-state index in [2.05, 4.69) is 23.0 Å². The predicted octanol–water partition coefficient (Wildman–Crippen LogP) is 4.18. The van der Waals surface area contributed by atoms with Gasteiger partial charge in [0.15, 0.2) is 16.0 Å². The fourth-order valence-corrected chi connectivity index (χ4v) is 0.943. The molecule has 26 heteroatoms. The molecule has 246 valence electrons. The lowest BCUT2D eigenvalue weighted by Gasteiger charge is -1.93. The summed E-state index contributed by atoms with van der Waals surface area (Å²) in [5.41, 5.74) is 49.8. The molecule has 0 atom stereocenters. The Morgan fingerprint density at radius 1 is 0.700 bits per heavy atom. The van der Waals surface area contributed by atoms with E-state index in [9.17, 15) is 0 Å². The Kier molecular flexibility index (Phi) is 388. The van der Waals surface area contributed by atoms with Gasteiger partial charge in [-0.15, -0.1) is 48.3 Å². The fraction of sp³-hybridized carbons (Fsp3) is 1.00. The third-order valence-corrected chi connectivity index (χ3v) is 1.83. The quantitative estimate of drug-likeness (QED) is 0.0330. The largest absolute Gasteiger partial charge is 0.379 e. The van der Waals surface area contributed by atoms with Gasteiger partial charge in [-0.2, -0.15) is 0 Å². The van der Waals surface area contributed by atoms with Gasteiger partial charge in [0.1, 0.15) is 0 Å². The number of hydrogen-bond acceptors (Lipinski definition) is 16. The van der Waals surface area contributed by atoms with Gasteiger partial charge in [-0.25, -0.2) is 0 Å². The lowest BCUT2D eigenvalue weighted by atomic mass is 10.2. The summed E-state index contributed by atoms with van der Waals surface area (Å²) in [6.07, 6.45) is 7.18. The lowest BCUT2D eigenvalue weighted by Crippen LogP contribution is -2.22. The van der Waals surface area contributed by atoms with Gasteiger partial charge in [0.25, 0.3) is 0 Å². The van der Waals surface area contributed by atoms with Gasteiger partial charge >= 0.3 is 0 Å². The van der Waals surface area contributed by atoms with Crippen molar-refractivity contribution in [1.82, 2.24) is 22.2 Å². The molecule has 0 radical (unpaired) electrons. The molecule has 18 N–H and O–H groups in total. The summed E-state index contributed by atoms with van der Waals surface area (Å²) in [6.45, 7) is 4.74. The van der Waals surface area contributed by atoms with Crippen LogP contribution in [0.4, 0.5) is 0 Å². The van der Waals surface area contributed by atoms with Crippen molar-refractivity contribution >= 4 is 17.0 Å². The van der Waals surface area contributed by atoms with Crippen molar-refractivity contribution in [3.63, 3.8) is 0 Å². The van der Waals surface area contributed by atoms with E-state index in [0.717, 1.165) is 32.5 Å². The van der Waals surface area contributed by atoms with Gasteiger partial charge in [0.05, 0.1) is 0 Å². The van der Waals surface area contributed by atoms with Crippen molar-refractivity contribution in [2.24, 2.45) is 33.3 Å². The second kappa shape index (κ2) is 203. The van der Waals surface area contributed by atoms with E-state index in [1.165, 1.54) is 41.7 Å². The first-order valence-corrected chi connectivity index (χ1v) is 10.1. The van der Waals surface area contributed by atoms with E-state index in [-0.39, 0.29) is 23.1 Å². The molecule has 0 heterocycles. The van der Waals surface area contributed by atoms with E-state index in [0.29, 0.717) is 0 Å². The van der Waals surface area contributed by atoms with Crippen LogP contribution in [0, 0.1) is 31.3 Å². The van der Waals surface area contributed by atoms with Gasteiger partial charge in [-0.1, -0.05) is 26.2 Å². The lowest BCUT2D eigenvalue weighted by molar-refractivity contribution is 0.312. The second-order valence-electron chi connectivity index (χ2n) is 4.84. The number of nitrogens with one attached hydrogen (secondary N) is 6. The van der Waals surface area contributed by atoms with E-state index >= 15 is 0 Å². The van der Waals surface area contributed by atoms with Crippen molar-refractivity contribution in [3.8, 4) is 0 Å². The molecule has 0 rings (SSSR count). The summed E-state index contributed by atoms with van der Waals surface area (Å²) in [5.74, 6) is 5.02. The summed E-state index contributed by atoms with van der Waals surface area (Å²) in [4.78, 5) is 29.6. The van der Waals surface area contributed by atoms with Crippen molar-refractivity contribution in [1.29, 1.82) is 16.6 Å².